The molecule has 7 heteroatoms. The number of hydrogen-bond donors (Lipinski definition) is 1. The molecular weight excluding hydrogens is 394 g/mol. The molecular formula is C24H23N3O4. The number of hydrogen-bond acceptors (Lipinski definition) is 4. The number of aromatic nitrogens is 1. The Kier molecular flexibility index (Phi) is 6.12. The van der Waals surface area contributed by atoms with Crippen LogP contribution in [0.5, 0.6) is 5.75 Å². The van der Waals surface area contributed by atoms with Crippen LogP contribution in [0.1, 0.15) is 22.0 Å². The summed E-state index contributed by atoms with van der Waals surface area (Å²) < 4.78 is 6.06. The van der Waals surface area contributed by atoms with Gasteiger partial charge in [0, 0.05) is 44.0 Å². The molecule has 2 heterocycles. The number of benzene rings is 2. The Morgan fingerprint density at radius 3 is 2.03 bits per heavy atom. The van der Waals surface area contributed by atoms with Crippen molar-refractivity contribution in [1.82, 2.24) is 14.8 Å². The molecule has 1 saturated heterocycles. The molecule has 0 spiro atoms. The van der Waals surface area contributed by atoms with Gasteiger partial charge in [-0.15, -0.1) is 0 Å². The Balaban J connectivity index is 1.45. The van der Waals surface area contributed by atoms with Crippen molar-refractivity contribution in [3.05, 3.63) is 100 Å². The van der Waals surface area contributed by atoms with Gasteiger partial charge in [0.1, 0.15) is 5.75 Å². The number of para-hydroxylation sites is 1. The van der Waals surface area contributed by atoms with E-state index in [1.807, 2.05) is 60.7 Å². The zero-order valence-electron chi connectivity index (χ0n) is 16.9. The second kappa shape index (κ2) is 9.30. The third-order valence-corrected chi connectivity index (χ3v) is 5.23. The van der Waals surface area contributed by atoms with Crippen LogP contribution >= 0.6 is 0 Å². The number of nitrogens with zero attached hydrogens (tertiary/aromatic N) is 2. The molecule has 1 atom stereocenters. The lowest BCUT2D eigenvalue weighted by Crippen LogP contribution is -2.52. The summed E-state index contributed by atoms with van der Waals surface area (Å²) in [4.78, 5) is 43.2. The summed E-state index contributed by atoms with van der Waals surface area (Å²) in [6.07, 6.45) is 0.659. The van der Waals surface area contributed by atoms with E-state index in [1.54, 1.807) is 9.80 Å². The molecule has 1 fully saturated rings. The molecule has 0 aliphatic carbocycles. The van der Waals surface area contributed by atoms with Gasteiger partial charge in [-0.05, 0) is 18.2 Å². The van der Waals surface area contributed by atoms with Crippen LogP contribution in [0.3, 0.4) is 0 Å². The van der Waals surface area contributed by atoms with Gasteiger partial charge in [0.15, 0.2) is 0 Å². The quantitative estimate of drug-likeness (QED) is 0.691. The minimum atomic E-state index is -0.759. The first-order valence-corrected chi connectivity index (χ1v) is 10.2. The average molecular weight is 417 g/mol. The normalized spacial score (nSPS) is 14.7. The Hall–Kier alpha value is -3.87. The minimum absolute atomic E-state index is 0.133. The minimum Gasteiger partial charge on any atom is -0.476 e. The molecule has 31 heavy (non-hydrogen) atoms. The first-order valence-electron chi connectivity index (χ1n) is 10.2. The van der Waals surface area contributed by atoms with Gasteiger partial charge in [0.2, 0.25) is 11.7 Å². The summed E-state index contributed by atoms with van der Waals surface area (Å²) in [5.74, 6) is 0.325. The molecule has 0 bridgehead atoms. The van der Waals surface area contributed by atoms with Crippen LogP contribution in [0, 0.1) is 0 Å². The van der Waals surface area contributed by atoms with Crippen molar-refractivity contribution < 1.29 is 14.3 Å². The molecule has 1 aromatic heterocycles. The number of H-pyrrole nitrogens is 1. The fourth-order valence-electron chi connectivity index (χ4n) is 3.55. The van der Waals surface area contributed by atoms with Crippen molar-refractivity contribution in [2.24, 2.45) is 0 Å². The summed E-state index contributed by atoms with van der Waals surface area (Å²) in [6.45, 7) is 1.65. The zero-order chi connectivity index (χ0) is 21.6. The molecule has 2 amide bonds. The number of carbonyl (C=O) groups is 2. The van der Waals surface area contributed by atoms with Crippen molar-refractivity contribution in [2.75, 3.05) is 26.2 Å². The van der Waals surface area contributed by atoms with E-state index < -0.39 is 6.10 Å². The lowest BCUT2D eigenvalue weighted by atomic mass is 10.1. The monoisotopic (exact) mass is 417 g/mol. The predicted molar refractivity (Wildman–Crippen MR) is 116 cm³/mol. The van der Waals surface area contributed by atoms with E-state index in [2.05, 4.69) is 4.98 Å². The van der Waals surface area contributed by atoms with Gasteiger partial charge in [-0.3, -0.25) is 14.4 Å². The highest BCUT2D eigenvalue weighted by Crippen LogP contribution is 2.24. The van der Waals surface area contributed by atoms with E-state index >= 15 is 0 Å². The zero-order valence-corrected chi connectivity index (χ0v) is 16.9. The van der Waals surface area contributed by atoms with Crippen LogP contribution in [-0.4, -0.2) is 52.8 Å². The lowest BCUT2D eigenvalue weighted by Gasteiger charge is -2.36. The van der Waals surface area contributed by atoms with Crippen molar-refractivity contribution in [2.45, 2.75) is 6.10 Å². The number of amides is 2. The Morgan fingerprint density at radius 1 is 0.806 bits per heavy atom. The molecule has 4 rings (SSSR count). The average Bonchev–Trinajstić information content (AvgIpc) is 2.83. The highest BCUT2D eigenvalue weighted by Gasteiger charge is 2.31. The number of carbonyl (C=O) groups excluding carboxylic acids is 2. The fourth-order valence-corrected chi connectivity index (χ4v) is 3.55. The molecule has 2 aromatic carbocycles. The number of ether oxygens (including phenoxy) is 1. The molecule has 0 saturated carbocycles. The number of nitrogens with one attached hydrogen (secondary N) is 1. The van der Waals surface area contributed by atoms with Gasteiger partial charge in [0.25, 0.3) is 11.8 Å². The fraction of sp³-hybridized carbons (Fsp3) is 0.208. The third-order valence-electron chi connectivity index (χ3n) is 5.23. The Bertz CT molecular complexity index is 1070. The van der Waals surface area contributed by atoms with Crippen LogP contribution in [0.25, 0.3) is 0 Å². The lowest BCUT2D eigenvalue weighted by molar-refractivity contribution is -0.140. The Morgan fingerprint density at radius 2 is 1.42 bits per heavy atom. The second-order valence-corrected chi connectivity index (χ2v) is 7.28. The van der Waals surface area contributed by atoms with Crippen LogP contribution in [0.4, 0.5) is 0 Å². The van der Waals surface area contributed by atoms with Gasteiger partial charge in [-0.25, -0.2) is 0 Å². The maximum Gasteiger partial charge on any atom is 0.268 e. The van der Waals surface area contributed by atoms with E-state index in [1.165, 1.54) is 18.3 Å². The summed E-state index contributed by atoms with van der Waals surface area (Å²) in [5, 5.41) is 0. The highest BCUT2D eigenvalue weighted by atomic mass is 16.5. The predicted octanol–water partition coefficient (Wildman–Crippen LogP) is 2.48. The maximum absolute atomic E-state index is 13.3. The molecule has 1 N–H and O–H groups in total. The largest absolute Gasteiger partial charge is 0.476 e. The number of pyridine rings is 1. The first-order chi connectivity index (χ1) is 15.1. The maximum atomic E-state index is 13.3. The van der Waals surface area contributed by atoms with Gasteiger partial charge in [-0.1, -0.05) is 48.5 Å². The van der Waals surface area contributed by atoms with Gasteiger partial charge in [0.05, 0.1) is 5.56 Å². The van der Waals surface area contributed by atoms with Gasteiger partial charge >= 0.3 is 0 Å². The molecule has 1 unspecified atom stereocenters. The van der Waals surface area contributed by atoms with Crippen LogP contribution in [-0.2, 0) is 4.79 Å². The van der Waals surface area contributed by atoms with Crippen molar-refractivity contribution in [1.29, 1.82) is 0 Å². The van der Waals surface area contributed by atoms with Crippen molar-refractivity contribution in [3.63, 3.8) is 0 Å². The van der Waals surface area contributed by atoms with Crippen LogP contribution < -0.4 is 10.3 Å². The van der Waals surface area contributed by atoms with E-state index in [9.17, 15) is 14.4 Å². The molecule has 0 radical (unpaired) electrons. The number of piperazine rings is 1. The molecule has 7 nitrogen and oxygen atoms in total. The van der Waals surface area contributed by atoms with E-state index in [0.29, 0.717) is 37.5 Å². The number of rotatable bonds is 5. The molecule has 1 aliphatic heterocycles. The summed E-state index contributed by atoms with van der Waals surface area (Å²) in [7, 11) is 0. The van der Waals surface area contributed by atoms with Crippen LogP contribution in [0.2, 0.25) is 0 Å². The third kappa shape index (κ3) is 4.83. The molecule has 1 aliphatic rings. The van der Waals surface area contributed by atoms with E-state index in [4.69, 9.17) is 4.74 Å². The van der Waals surface area contributed by atoms with Gasteiger partial charge < -0.3 is 19.5 Å². The standard InChI is InChI=1S/C24H23N3O4/c28-21-12-11-19(17-25-21)23(29)26-13-15-27(16-14-26)24(30)22(18-7-3-1-4-8-18)31-20-9-5-2-6-10-20/h1-12,17,22H,13-16H2,(H,25,28). The SMILES string of the molecule is O=C(c1ccc(=O)[nH]c1)N1CCN(C(=O)C(Oc2ccccc2)c2ccccc2)CC1. The summed E-state index contributed by atoms with van der Waals surface area (Å²) >= 11 is 0. The molecule has 158 valence electrons. The van der Waals surface area contributed by atoms with Crippen molar-refractivity contribution >= 4 is 11.8 Å². The molecule has 3 aromatic rings. The first kappa shape index (κ1) is 20.4. The van der Waals surface area contributed by atoms with E-state index in [-0.39, 0.29) is 17.4 Å². The topological polar surface area (TPSA) is 82.7 Å². The second-order valence-electron chi connectivity index (χ2n) is 7.28. The summed E-state index contributed by atoms with van der Waals surface area (Å²) in [6, 6.07) is 21.5. The van der Waals surface area contributed by atoms with Crippen molar-refractivity contribution in [3.8, 4) is 5.75 Å². The Labute approximate surface area is 179 Å². The smallest absolute Gasteiger partial charge is 0.268 e. The van der Waals surface area contributed by atoms with E-state index in [0.717, 1.165) is 5.56 Å². The highest BCUT2D eigenvalue weighted by molar-refractivity contribution is 5.94. The number of aromatic amines is 1. The van der Waals surface area contributed by atoms with Crippen LogP contribution in [0.15, 0.2) is 83.8 Å². The van der Waals surface area contributed by atoms with Gasteiger partial charge in [-0.2, -0.15) is 0 Å². The summed E-state index contributed by atoms with van der Waals surface area (Å²) in [5.41, 5.74) is 0.953.